The molecule has 260 valence electrons. The van der Waals surface area contributed by atoms with E-state index in [2.05, 4.69) is 5.32 Å². The lowest BCUT2D eigenvalue weighted by Gasteiger charge is -2.34. The fraction of sp³-hybridized carbons (Fsp3) is 0.257. The van der Waals surface area contributed by atoms with Crippen LogP contribution >= 0.6 is 23.2 Å². The van der Waals surface area contributed by atoms with Crippen molar-refractivity contribution in [3.8, 4) is 23.0 Å². The Morgan fingerprint density at radius 1 is 0.796 bits per heavy atom. The number of anilines is 1. The first kappa shape index (κ1) is 37.2. The van der Waals surface area contributed by atoms with Crippen LogP contribution in [-0.4, -0.2) is 73.2 Å². The Morgan fingerprint density at radius 2 is 1.47 bits per heavy atom. The molecule has 0 spiro atoms. The minimum Gasteiger partial charge on any atom is -0.497 e. The fourth-order valence-corrected chi connectivity index (χ4v) is 7.06. The molecule has 0 aliphatic rings. The Labute approximate surface area is 296 Å². The molecule has 0 heterocycles. The van der Waals surface area contributed by atoms with Crippen molar-refractivity contribution in [3.63, 3.8) is 0 Å². The van der Waals surface area contributed by atoms with Crippen LogP contribution in [0.2, 0.25) is 10.0 Å². The molecule has 14 heteroatoms. The maximum atomic E-state index is 14.7. The van der Waals surface area contributed by atoms with E-state index >= 15 is 0 Å². The first-order chi connectivity index (χ1) is 23.5. The van der Waals surface area contributed by atoms with Gasteiger partial charge in [0.15, 0.2) is 11.5 Å². The SMILES string of the molecule is CNC(=O)[C@H](Cc1ccccc1)N(Cc1ccc(Cl)cc1Cl)C(=O)CN(c1cc(OC)ccc1OC)S(=O)(=O)c1ccc(OC)c(OC)c1. The molecule has 0 aliphatic carbocycles. The number of carbonyl (C=O) groups excluding carboxylic acids is 2. The van der Waals surface area contributed by atoms with Crippen LogP contribution in [0.3, 0.4) is 0 Å². The van der Waals surface area contributed by atoms with Crippen molar-refractivity contribution in [3.05, 3.63) is 106 Å². The van der Waals surface area contributed by atoms with Gasteiger partial charge in [0.05, 0.1) is 39.0 Å². The van der Waals surface area contributed by atoms with Gasteiger partial charge in [-0.05, 0) is 47.5 Å². The van der Waals surface area contributed by atoms with Crippen molar-refractivity contribution in [2.24, 2.45) is 0 Å². The molecule has 0 aliphatic heterocycles. The van der Waals surface area contributed by atoms with Gasteiger partial charge in [0.1, 0.15) is 24.1 Å². The Bertz CT molecular complexity index is 1890. The molecule has 11 nitrogen and oxygen atoms in total. The first-order valence-corrected chi connectivity index (χ1v) is 17.1. The standard InChI is InChI=1S/C35H37Cl2N3O8S/c1-38-35(42)30(17-23-9-7-6-8-10-23)39(21-24-11-12-25(36)18-28(24)37)34(41)22-40(29-19-26(45-2)13-15-31(29)46-3)49(43,44)27-14-16-32(47-4)33(20-27)48-5/h6-16,18-20,30H,17,21-22H2,1-5H3,(H,38,42)/t30-/m0/s1. The van der Waals surface area contributed by atoms with Gasteiger partial charge in [0.25, 0.3) is 10.0 Å². The summed E-state index contributed by atoms with van der Waals surface area (Å²) in [4.78, 5) is 29.3. The quantitative estimate of drug-likeness (QED) is 0.168. The summed E-state index contributed by atoms with van der Waals surface area (Å²) in [5, 5.41) is 3.30. The molecule has 0 bridgehead atoms. The number of amides is 2. The van der Waals surface area contributed by atoms with Crippen molar-refractivity contribution >= 4 is 50.7 Å². The summed E-state index contributed by atoms with van der Waals surface area (Å²) in [6.45, 7) is -0.882. The van der Waals surface area contributed by atoms with E-state index < -0.39 is 34.4 Å². The number of halogens is 2. The normalized spacial score (nSPS) is 11.7. The molecule has 4 aromatic rings. The predicted octanol–water partition coefficient (Wildman–Crippen LogP) is 5.61. The summed E-state index contributed by atoms with van der Waals surface area (Å²) in [7, 11) is 2.56. The summed E-state index contributed by atoms with van der Waals surface area (Å²) in [6, 6.07) is 21.6. The van der Waals surface area contributed by atoms with E-state index in [1.54, 1.807) is 18.2 Å². The van der Waals surface area contributed by atoms with E-state index in [0.29, 0.717) is 22.1 Å². The van der Waals surface area contributed by atoms with Crippen LogP contribution in [0.25, 0.3) is 0 Å². The molecule has 1 N–H and O–H groups in total. The second-order valence-electron chi connectivity index (χ2n) is 10.6. The van der Waals surface area contributed by atoms with Crippen LogP contribution in [0.1, 0.15) is 11.1 Å². The number of benzene rings is 4. The lowest BCUT2D eigenvalue weighted by molar-refractivity contribution is -0.139. The van der Waals surface area contributed by atoms with Gasteiger partial charge < -0.3 is 29.2 Å². The van der Waals surface area contributed by atoms with Gasteiger partial charge in [-0.1, -0.05) is 59.6 Å². The van der Waals surface area contributed by atoms with E-state index in [-0.39, 0.29) is 40.1 Å². The van der Waals surface area contributed by atoms with Gasteiger partial charge >= 0.3 is 0 Å². The van der Waals surface area contributed by atoms with E-state index in [9.17, 15) is 18.0 Å². The highest BCUT2D eigenvalue weighted by Gasteiger charge is 2.36. The van der Waals surface area contributed by atoms with Crippen molar-refractivity contribution in [1.29, 1.82) is 0 Å². The molecule has 2 amide bonds. The summed E-state index contributed by atoms with van der Waals surface area (Å²) in [6.07, 6.45) is 0.127. The minimum atomic E-state index is -4.52. The third-order valence-corrected chi connectivity index (χ3v) is 10.1. The highest BCUT2D eigenvalue weighted by molar-refractivity contribution is 7.92. The van der Waals surface area contributed by atoms with Gasteiger partial charge in [-0.15, -0.1) is 0 Å². The minimum absolute atomic E-state index is 0.0222. The van der Waals surface area contributed by atoms with Gasteiger partial charge in [0.2, 0.25) is 11.8 Å². The zero-order chi connectivity index (χ0) is 35.7. The molecule has 0 fully saturated rings. The molecule has 0 aromatic heterocycles. The third kappa shape index (κ3) is 8.69. The molecule has 0 saturated heterocycles. The van der Waals surface area contributed by atoms with E-state index in [4.69, 9.17) is 42.1 Å². The lowest BCUT2D eigenvalue weighted by Crippen LogP contribution is -2.53. The topological polar surface area (TPSA) is 124 Å². The van der Waals surface area contributed by atoms with Crippen molar-refractivity contribution in [1.82, 2.24) is 10.2 Å². The smallest absolute Gasteiger partial charge is 0.265 e. The first-order valence-electron chi connectivity index (χ1n) is 14.9. The van der Waals surface area contributed by atoms with E-state index in [0.717, 1.165) is 9.87 Å². The van der Waals surface area contributed by atoms with Gasteiger partial charge in [-0.25, -0.2) is 8.42 Å². The van der Waals surface area contributed by atoms with Crippen LogP contribution in [0.5, 0.6) is 23.0 Å². The second kappa shape index (κ2) is 16.6. The molecular weight excluding hydrogens is 693 g/mol. The number of nitrogens with one attached hydrogen (secondary N) is 1. The molecule has 0 unspecified atom stereocenters. The van der Waals surface area contributed by atoms with Crippen LogP contribution in [0, 0.1) is 0 Å². The van der Waals surface area contributed by atoms with Crippen LogP contribution in [-0.2, 0) is 32.6 Å². The number of methoxy groups -OCH3 is 4. The number of carbonyl (C=O) groups is 2. The Morgan fingerprint density at radius 3 is 2.08 bits per heavy atom. The van der Waals surface area contributed by atoms with Crippen molar-refractivity contribution in [2.45, 2.75) is 23.9 Å². The largest absolute Gasteiger partial charge is 0.497 e. The zero-order valence-electron chi connectivity index (χ0n) is 27.6. The molecule has 49 heavy (non-hydrogen) atoms. The summed E-state index contributed by atoms with van der Waals surface area (Å²) < 4.78 is 51.7. The molecule has 1 atom stereocenters. The number of sulfonamides is 1. The number of likely N-dealkylation sites (N-methyl/N-ethyl adjacent to an activating group) is 1. The van der Waals surface area contributed by atoms with Crippen LogP contribution in [0.15, 0.2) is 89.8 Å². The zero-order valence-corrected chi connectivity index (χ0v) is 29.9. The maximum absolute atomic E-state index is 14.7. The summed E-state index contributed by atoms with van der Waals surface area (Å²) in [5.74, 6) is -0.234. The summed E-state index contributed by atoms with van der Waals surface area (Å²) in [5.41, 5.74) is 1.30. The highest BCUT2D eigenvalue weighted by atomic mass is 35.5. The average molecular weight is 731 g/mol. The number of hydrogen-bond acceptors (Lipinski definition) is 8. The maximum Gasteiger partial charge on any atom is 0.265 e. The Balaban J connectivity index is 1.90. The van der Waals surface area contributed by atoms with Gasteiger partial charge in [-0.3, -0.25) is 13.9 Å². The second-order valence-corrected chi connectivity index (χ2v) is 13.3. The number of nitrogens with zero attached hydrogens (tertiary/aromatic N) is 2. The molecule has 0 radical (unpaired) electrons. The van der Waals surface area contributed by atoms with Crippen LogP contribution < -0.4 is 28.6 Å². The number of hydrogen-bond donors (Lipinski definition) is 1. The number of rotatable bonds is 15. The van der Waals surface area contributed by atoms with E-state index in [1.165, 1.54) is 76.8 Å². The summed E-state index contributed by atoms with van der Waals surface area (Å²) >= 11 is 12.7. The molecule has 4 aromatic carbocycles. The fourth-order valence-electron chi connectivity index (χ4n) is 5.16. The van der Waals surface area contributed by atoms with E-state index in [1.807, 2.05) is 30.3 Å². The highest BCUT2D eigenvalue weighted by Crippen LogP contribution is 2.38. The number of ether oxygens (including phenoxy) is 4. The predicted molar refractivity (Wildman–Crippen MR) is 189 cm³/mol. The average Bonchev–Trinajstić information content (AvgIpc) is 3.12. The molecule has 0 saturated carbocycles. The third-order valence-electron chi connectivity index (χ3n) is 7.75. The Kier molecular flexibility index (Phi) is 12.6. The van der Waals surface area contributed by atoms with Crippen molar-refractivity contribution < 1.29 is 37.0 Å². The van der Waals surface area contributed by atoms with Crippen LogP contribution in [0.4, 0.5) is 5.69 Å². The van der Waals surface area contributed by atoms with Gasteiger partial charge in [0, 0.05) is 42.2 Å². The van der Waals surface area contributed by atoms with Gasteiger partial charge in [-0.2, -0.15) is 0 Å². The molecular formula is C35H37Cl2N3O8S. The lowest BCUT2D eigenvalue weighted by atomic mass is 10.0. The Hall–Kier alpha value is -4.65. The molecule has 4 rings (SSSR count). The monoisotopic (exact) mass is 729 g/mol. The van der Waals surface area contributed by atoms with Crippen molar-refractivity contribution in [2.75, 3.05) is 46.3 Å².